The number of likely N-dealkylation sites (tertiary alicyclic amines) is 1. The molecule has 0 bridgehead atoms. The molecule has 2 aromatic rings. The summed E-state index contributed by atoms with van der Waals surface area (Å²) in [5, 5.41) is 6.59. The molecule has 3 rings (SSSR count). The lowest BCUT2D eigenvalue weighted by Gasteiger charge is -2.35. The number of rotatable bonds is 8. The maximum absolute atomic E-state index is 13.3. The zero-order chi connectivity index (χ0) is 24.0. The van der Waals surface area contributed by atoms with E-state index in [2.05, 4.69) is 5.32 Å². The van der Waals surface area contributed by atoms with Crippen LogP contribution in [0.1, 0.15) is 62.0 Å². The average Bonchev–Trinajstić information content (AvgIpc) is 3.31. The maximum Gasteiger partial charge on any atom is 0.333 e. The first-order chi connectivity index (χ1) is 15.7. The number of amides is 1. The van der Waals surface area contributed by atoms with Crippen LogP contribution in [0, 0.1) is 0 Å². The zero-order valence-corrected chi connectivity index (χ0v) is 20.4. The van der Waals surface area contributed by atoms with E-state index in [0.29, 0.717) is 29.8 Å². The Balaban J connectivity index is 1.73. The molecule has 1 aromatic heterocycles. The van der Waals surface area contributed by atoms with Gasteiger partial charge < -0.3 is 14.8 Å². The second-order valence-corrected chi connectivity index (χ2v) is 9.95. The summed E-state index contributed by atoms with van der Waals surface area (Å²) in [4.78, 5) is 41.0. The molecule has 1 aliphatic rings. The molecule has 2 heterocycles. The summed E-state index contributed by atoms with van der Waals surface area (Å²) >= 11 is 1.45. The molecule has 1 aromatic carbocycles. The fourth-order valence-electron chi connectivity index (χ4n) is 3.87. The highest BCUT2D eigenvalue weighted by molar-refractivity contribution is 7.08. The third-order valence-corrected chi connectivity index (χ3v) is 6.16. The van der Waals surface area contributed by atoms with Gasteiger partial charge in [0.15, 0.2) is 11.8 Å². The first-order valence-corrected chi connectivity index (χ1v) is 12.1. The number of benzene rings is 1. The number of nitrogens with zero attached hydrogens (tertiary/aromatic N) is 1. The SMILES string of the molecule is COc1cccc(C(=O)CN2CCCC[C@H]2C(=O)N[C@H](C(=O)OC(C)(C)C)c2ccsc2)c1. The van der Waals surface area contributed by atoms with Crippen molar-refractivity contribution >= 4 is 29.0 Å². The fraction of sp³-hybridized carbons (Fsp3) is 0.480. The number of hydrogen-bond acceptors (Lipinski definition) is 7. The highest BCUT2D eigenvalue weighted by Crippen LogP contribution is 2.24. The van der Waals surface area contributed by atoms with Gasteiger partial charge in [-0.25, -0.2) is 4.79 Å². The molecule has 8 heteroatoms. The van der Waals surface area contributed by atoms with E-state index >= 15 is 0 Å². The molecule has 178 valence electrons. The van der Waals surface area contributed by atoms with Gasteiger partial charge in [-0.2, -0.15) is 11.3 Å². The van der Waals surface area contributed by atoms with Crippen LogP contribution < -0.4 is 10.1 Å². The molecule has 0 radical (unpaired) electrons. The predicted octanol–water partition coefficient (Wildman–Crippen LogP) is 3.99. The van der Waals surface area contributed by atoms with Crippen molar-refractivity contribution in [1.82, 2.24) is 10.2 Å². The zero-order valence-electron chi connectivity index (χ0n) is 19.6. The van der Waals surface area contributed by atoms with Crippen molar-refractivity contribution in [2.45, 2.75) is 57.7 Å². The van der Waals surface area contributed by atoms with Gasteiger partial charge in [-0.05, 0) is 74.7 Å². The van der Waals surface area contributed by atoms with Crippen LogP contribution in [-0.2, 0) is 14.3 Å². The summed E-state index contributed by atoms with van der Waals surface area (Å²) in [6.07, 6.45) is 2.43. The number of ether oxygens (including phenoxy) is 2. The first kappa shape index (κ1) is 24.9. The number of carbonyl (C=O) groups excluding carboxylic acids is 3. The molecule has 0 spiro atoms. The van der Waals surface area contributed by atoms with Gasteiger partial charge >= 0.3 is 5.97 Å². The molecule has 1 amide bonds. The number of piperidine rings is 1. The van der Waals surface area contributed by atoms with E-state index in [4.69, 9.17) is 9.47 Å². The first-order valence-electron chi connectivity index (χ1n) is 11.1. The van der Waals surface area contributed by atoms with E-state index in [1.807, 2.05) is 21.7 Å². The van der Waals surface area contributed by atoms with E-state index in [0.717, 1.165) is 12.8 Å². The van der Waals surface area contributed by atoms with E-state index in [-0.39, 0.29) is 18.2 Å². The normalized spacial score (nSPS) is 17.8. The van der Waals surface area contributed by atoms with Gasteiger partial charge in [-0.15, -0.1) is 0 Å². The number of nitrogens with one attached hydrogen (secondary N) is 1. The summed E-state index contributed by atoms with van der Waals surface area (Å²) in [5.74, 6) is -0.223. The third kappa shape index (κ3) is 6.88. The lowest BCUT2D eigenvalue weighted by atomic mass is 9.99. The molecule has 1 fully saturated rings. The molecule has 1 saturated heterocycles. The average molecular weight is 473 g/mol. The Kier molecular flexibility index (Phi) is 8.26. The molecule has 1 N–H and O–H groups in total. The quantitative estimate of drug-likeness (QED) is 0.462. The van der Waals surface area contributed by atoms with Gasteiger partial charge in [0.25, 0.3) is 0 Å². The Morgan fingerprint density at radius 2 is 2.00 bits per heavy atom. The number of carbonyl (C=O) groups is 3. The van der Waals surface area contributed by atoms with Crippen LogP contribution in [0.15, 0.2) is 41.1 Å². The minimum absolute atomic E-state index is 0.0740. The number of methoxy groups -OCH3 is 1. The van der Waals surface area contributed by atoms with Crippen LogP contribution >= 0.6 is 11.3 Å². The third-order valence-electron chi connectivity index (χ3n) is 5.46. The smallest absolute Gasteiger partial charge is 0.333 e. The Hall–Kier alpha value is -2.71. The molecule has 0 saturated carbocycles. The molecule has 7 nitrogen and oxygen atoms in total. The predicted molar refractivity (Wildman–Crippen MR) is 128 cm³/mol. The van der Waals surface area contributed by atoms with Gasteiger partial charge in [0.05, 0.1) is 19.7 Å². The van der Waals surface area contributed by atoms with E-state index in [1.54, 1.807) is 52.1 Å². The van der Waals surface area contributed by atoms with Crippen LogP contribution in [0.4, 0.5) is 0 Å². The summed E-state index contributed by atoms with van der Waals surface area (Å²) < 4.78 is 10.8. The highest BCUT2D eigenvalue weighted by Gasteiger charge is 2.35. The van der Waals surface area contributed by atoms with Crippen LogP contribution in [0.2, 0.25) is 0 Å². The second-order valence-electron chi connectivity index (χ2n) is 9.17. The summed E-state index contributed by atoms with van der Waals surface area (Å²) in [7, 11) is 1.56. The number of thiophene rings is 1. The Labute approximate surface area is 199 Å². The molecule has 2 atom stereocenters. The minimum Gasteiger partial charge on any atom is -0.497 e. The number of Topliss-reactive ketones (excluding diaryl/α,β-unsaturated/α-hetero) is 1. The van der Waals surface area contributed by atoms with Crippen LogP contribution in [0.5, 0.6) is 5.75 Å². The molecular weight excluding hydrogens is 440 g/mol. The van der Waals surface area contributed by atoms with Crippen molar-refractivity contribution in [2.24, 2.45) is 0 Å². The highest BCUT2D eigenvalue weighted by atomic mass is 32.1. The maximum atomic E-state index is 13.3. The largest absolute Gasteiger partial charge is 0.497 e. The topological polar surface area (TPSA) is 84.9 Å². The molecule has 0 aliphatic carbocycles. The van der Waals surface area contributed by atoms with Crippen molar-refractivity contribution in [3.8, 4) is 5.75 Å². The fourth-order valence-corrected chi connectivity index (χ4v) is 4.55. The summed E-state index contributed by atoms with van der Waals surface area (Å²) in [6, 6.07) is 7.45. The van der Waals surface area contributed by atoms with Crippen LogP contribution in [0.3, 0.4) is 0 Å². The second kappa shape index (κ2) is 10.9. The molecule has 0 unspecified atom stereocenters. The summed E-state index contributed by atoms with van der Waals surface area (Å²) in [6.45, 7) is 6.16. The lowest BCUT2D eigenvalue weighted by Crippen LogP contribution is -2.52. The molecule has 1 aliphatic heterocycles. The Morgan fingerprint density at radius 3 is 2.67 bits per heavy atom. The van der Waals surface area contributed by atoms with Gasteiger partial charge in [-0.3, -0.25) is 14.5 Å². The number of esters is 1. The standard InChI is InChI=1S/C25H32N2O5S/c1-25(2,3)32-24(30)22(18-11-13-33-16-18)26-23(29)20-10-5-6-12-27(20)15-21(28)17-8-7-9-19(14-17)31-4/h7-9,11,13-14,16,20,22H,5-6,10,12,15H2,1-4H3,(H,26,29)/t20-,22-/m0/s1. The summed E-state index contributed by atoms with van der Waals surface area (Å²) in [5.41, 5.74) is 0.567. The Bertz CT molecular complexity index is 967. The van der Waals surface area contributed by atoms with Gasteiger partial charge in [-0.1, -0.05) is 18.6 Å². The lowest BCUT2D eigenvalue weighted by molar-refractivity contribution is -0.159. The Morgan fingerprint density at radius 1 is 1.21 bits per heavy atom. The monoisotopic (exact) mass is 472 g/mol. The van der Waals surface area contributed by atoms with Crippen molar-refractivity contribution in [3.63, 3.8) is 0 Å². The van der Waals surface area contributed by atoms with Gasteiger partial charge in [0.2, 0.25) is 5.91 Å². The van der Waals surface area contributed by atoms with E-state index in [1.165, 1.54) is 11.3 Å². The number of hydrogen-bond donors (Lipinski definition) is 1. The van der Waals surface area contributed by atoms with Gasteiger partial charge in [0.1, 0.15) is 11.4 Å². The van der Waals surface area contributed by atoms with E-state index in [9.17, 15) is 14.4 Å². The van der Waals surface area contributed by atoms with Crippen LogP contribution in [-0.4, -0.2) is 54.4 Å². The van der Waals surface area contributed by atoms with Crippen molar-refractivity contribution in [2.75, 3.05) is 20.2 Å². The van der Waals surface area contributed by atoms with Crippen molar-refractivity contribution in [3.05, 3.63) is 52.2 Å². The molecular formula is C25H32N2O5S. The van der Waals surface area contributed by atoms with Crippen LogP contribution in [0.25, 0.3) is 0 Å². The molecule has 33 heavy (non-hydrogen) atoms. The minimum atomic E-state index is -0.888. The van der Waals surface area contributed by atoms with Gasteiger partial charge in [0, 0.05) is 5.56 Å². The van der Waals surface area contributed by atoms with Crippen molar-refractivity contribution < 1.29 is 23.9 Å². The van der Waals surface area contributed by atoms with E-state index < -0.39 is 23.7 Å². The van der Waals surface area contributed by atoms with Crippen molar-refractivity contribution in [1.29, 1.82) is 0 Å². The number of ketones is 1.